The molecule has 1 aromatic carbocycles. The molecule has 2 heterocycles. The van der Waals surface area contributed by atoms with Crippen molar-refractivity contribution in [1.29, 1.82) is 5.26 Å². The number of carbonyl (C=O) groups excluding carboxylic acids is 1. The summed E-state index contributed by atoms with van der Waals surface area (Å²) >= 11 is 0. The largest absolute Gasteiger partial charge is 0.455 e. The summed E-state index contributed by atoms with van der Waals surface area (Å²) in [6.07, 6.45) is -1.66. The van der Waals surface area contributed by atoms with E-state index in [2.05, 4.69) is 26.7 Å². The number of halogens is 3. The Labute approximate surface area is 205 Å². The first-order valence-corrected chi connectivity index (χ1v) is 11.1. The second-order valence-electron chi connectivity index (χ2n) is 8.51. The van der Waals surface area contributed by atoms with Crippen molar-refractivity contribution in [2.45, 2.75) is 57.1 Å². The van der Waals surface area contributed by atoms with Crippen molar-refractivity contribution in [3.8, 4) is 6.07 Å². The summed E-state index contributed by atoms with van der Waals surface area (Å²) in [7, 11) is 1.31. The predicted molar refractivity (Wildman–Crippen MR) is 120 cm³/mol. The van der Waals surface area contributed by atoms with E-state index < -0.39 is 47.7 Å². The fourth-order valence-electron chi connectivity index (χ4n) is 3.91. The molecule has 0 spiro atoms. The van der Waals surface area contributed by atoms with Gasteiger partial charge in [-0.2, -0.15) is 5.26 Å². The number of amides is 1. The molecule has 1 saturated carbocycles. The number of rotatable bonds is 9. The number of hydrogen-bond acceptors (Lipinski definition) is 8. The summed E-state index contributed by atoms with van der Waals surface area (Å²) in [5, 5.41) is 15.1. The van der Waals surface area contributed by atoms with Crippen LogP contribution in [-0.2, 0) is 19.0 Å². The fraction of sp³-hybridized carbons (Fsp3) is 0.417. The highest BCUT2D eigenvalue weighted by Gasteiger charge is 2.46. The quantitative estimate of drug-likeness (QED) is 0.517. The number of alkyl halides is 2. The molecular formula is C24H24F3N5O4. The van der Waals surface area contributed by atoms with Crippen molar-refractivity contribution >= 4 is 11.7 Å². The molecule has 0 bridgehead atoms. The lowest BCUT2D eigenvalue weighted by Gasteiger charge is -2.25. The predicted octanol–water partition coefficient (Wildman–Crippen LogP) is 4.41. The van der Waals surface area contributed by atoms with E-state index in [-0.39, 0.29) is 28.5 Å². The van der Waals surface area contributed by atoms with Gasteiger partial charge in [0.2, 0.25) is 0 Å². The Morgan fingerprint density at radius 2 is 1.92 bits per heavy atom. The number of hydrogen-bond donors (Lipinski definition) is 2. The van der Waals surface area contributed by atoms with Crippen LogP contribution in [-0.4, -0.2) is 28.5 Å². The number of anilines is 1. The second kappa shape index (κ2) is 10.0. The highest BCUT2D eigenvalue weighted by molar-refractivity contribution is 5.84. The van der Waals surface area contributed by atoms with Crippen molar-refractivity contribution in [2.75, 3.05) is 12.4 Å². The van der Waals surface area contributed by atoms with Crippen LogP contribution in [0.1, 0.15) is 72.8 Å². The summed E-state index contributed by atoms with van der Waals surface area (Å²) in [6.45, 7) is 3.16. The van der Waals surface area contributed by atoms with Gasteiger partial charge < -0.3 is 24.8 Å². The normalized spacial score (nSPS) is 17.6. The number of nitrogens with one attached hydrogen (secondary N) is 2. The molecule has 1 fully saturated rings. The first-order chi connectivity index (χ1) is 17.2. The van der Waals surface area contributed by atoms with Gasteiger partial charge in [0.15, 0.2) is 6.10 Å². The third-order valence-electron chi connectivity index (χ3n) is 5.94. The Kier molecular flexibility index (Phi) is 7.03. The topological polar surface area (TPSA) is 118 Å². The van der Waals surface area contributed by atoms with Gasteiger partial charge in [0.25, 0.3) is 18.6 Å². The van der Waals surface area contributed by atoms with Gasteiger partial charge in [0, 0.05) is 12.7 Å². The van der Waals surface area contributed by atoms with Crippen molar-refractivity contribution < 1.29 is 32.2 Å². The zero-order valence-corrected chi connectivity index (χ0v) is 19.7. The van der Waals surface area contributed by atoms with Crippen LogP contribution in [0.2, 0.25) is 0 Å². The lowest BCUT2D eigenvalue weighted by molar-refractivity contribution is -0.132. The van der Waals surface area contributed by atoms with Crippen LogP contribution >= 0.6 is 0 Å². The van der Waals surface area contributed by atoms with E-state index in [1.165, 1.54) is 31.8 Å². The van der Waals surface area contributed by atoms with Gasteiger partial charge in [0.1, 0.15) is 35.5 Å². The van der Waals surface area contributed by atoms with Gasteiger partial charge in [-0.05, 0) is 26.7 Å². The van der Waals surface area contributed by atoms with Gasteiger partial charge in [-0.25, -0.2) is 23.1 Å². The number of nitrogens with zero attached hydrogens (tertiary/aromatic N) is 3. The van der Waals surface area contributed by atoms with E-state index in [1.54, 1.807) is 13.8 Å². The summed E-state index contributed by atoms with van der Waals surface area (Å²) in [4.78, 5) is 21.9. The van der Waals surface area contributed by atoms with E-state index in [0.29, 0.717) is 12.8 Å². The number of benzene rings is 1. The molecule has 2 aromatic rings. The smallest absolute Gasteiger partial charge is 0.271 e. The van der Waals surface area contributed by atoms with Gasteiger partial charge in [-0.15, -0.1) is 0 Å². The van der Waals surface area contributed by atoms with Crippen molar-refractivity contribution in [3.63, 3.8) is 0 Å². The van der Waals surface area contributed by atoms with E-state index in [4.69, 9.17) is 14.2 Å². The Morgan fingerprint density at radius 1 is 1.25 bits per heavy atom. The molecule has 36 heavy (non-hydrogen) atoms. The lowest BCUT2D eigenvalue weighted by Crippen LogP contribution is -2.40. The van der Waals surface area contributed by atoms with Crippen LogP contribution < -0.4 is 10.6 Å². The summed E-state index contributed by atoms with van der Waals surface area (Å²) < 4.78 is 57.7. The third kappa shape index (κ3) is 4.92. The van der Waals surface area contributed by atoms with E-state index in [1.807, 2.05) is 0 Å². The van der Waals surface area contributed by atoms with E-state index in [0.717, 1.165) is 6.07 Å². The Balaban J connectivity index is 1.74. The second-order valence-corrected chi connectivity index (χ2v) is 8.51. The van der Waals surface area contributed by atoms with E-state index in [9.17, 15) is 23.2 Å². The Bertz CT molecular complexity index is 1220. The minimum absolute atomic E-state index is 0.00585. The molecule has 190 valence electrons. The maximum absolute atomic E-state index is 14.8. The van der Waals surface area contributed by atoms with E-state index >= 15 is 0 Å². The van der Waals surface area contributed by atoms with Crippen LogP contribution in [0.15, 0.2) is 30.7 Å². The molecule has 9 nitrogen and oxygen atoms in total. The molecule has 0 saturated heterocycles. The molecule has 1 aliphatic carbocycles. The van der Waals surface area contributed by atoms with Crippen molar-refractivity contribution in [1.82, 2.24) is 15.3 Å². The summed E-state index contributed by atoms with van der Waals surface area (Å²) in [5.74, 6) is -1.24. The molecule has 2 aliphatic rings. The zero-order valence-electron chi connectivity index (χ0n) is 19.7. The molecule has 1 amide bonds. The Hall–Kier alpha value is -3.85. The highest BCUT2D eigenvalue weighted by Crippen LogP contribution is 2.39. The number of ether oxygens (including phenoxy) is 3. The number of aromatic nitrogens is 2. The SMILES string of the molecule is COC(C(=O)NC1(C#N)CC1)c1nc(C)nc(N[C@H](C)c2cccc(C(F)F)c2F)c1C1OC=CO1. The standard InChI is InChI=1S/C24H24F3N5O4/c1-12(14-5-4-6-15(17(14)25)20(26)27)29-21-16(23-35-9-10-36-23)18(30-13(2)31-21)19(34-3)22(33)32-24(11-28)7-8-24/h4-6,9-10,12,19-20,23H,7-8H2,1-3H3,(H,32,33)(H,29,30,31)/t12-,19?/m1/s1. The number of methoxy groups -OCH3 is 1. The summed E-state index contributed by atoms with van der Waals surface area (Å²) in [5.41, 5.74) is -1.35. The number of nitriles is 1. The van der Waals surface area contributed by atoms with Crippen LogP contribution in [0.25, 0.3) is 0 Å². The van der Waals surface area contributed by atoms with Crippen LogP contribution in [0.3, 0.4) is 0 Å². The fourth-order valence-corrected chi connectivity index (χ4v) is 3.91. The number of carbonyl (C=O) groups is 1. The molecule has 4 rings (SSSR count). The molecule has 2 atom stereocenters. The first-order valence-electron chi connectivity index (χ1n) is 11.1. The molecule has 1 unspecified atom stereocenters. The van der Waals surface area contributed by atoms with Crippen molar-refractivity contribution in [2.24, 2.45) is 0 Å². The minimum atomic E-state index is -2.98. The minimum Gasteiger partial charge on any atom is -0.455 e. The molecule has 12 heteroatoms. The average molecular weight is 503 g/mol. The molecule has 0 radical (unpaired) electrons. The van der Waals surface area contributed by atoms with Gasteiger partial charge in [0.05, 0.1) is 28.9 Å². The molecule has 2 N–H and O–H groups in total. The van der Waals surface area contributed by atoms with Crippen LogP contribution in [0.4, 0.5) is 19.0 Å². The maximum atomic E-state index is 14.8. The van der Waals surface area contributed by atoms with Gasteiger partial charge in [-0.1, -0.05) is 18.2 Å². The van der Waals surface area contributed by atoms with Gasteiger partial charge in [-0.3, -0.25) is 4.79 Å². The van der Waals surface area contributed by atoms with Gasteiger partial charge >= 0.3 is 0 Å². The molecular weight excluding hydrogens is 479 g/mol. The molecule has 1 aliphatic heterocycles. The maximum Gasteiger partial charge on any atom is 0.271 e. The zero-order chi connectivity index (χ0) is 26.0. The van der Waals surface area contributed by atoms with Crippen LogP contribution in [0.5, 0.6) is 0 Å². The highest BCUT2D eigenvalue weighted by atomic mass is 19.3. The lowest BCUT2D eigenvalue weighted by atomic mass is 10.0. The first kappa shape index (κ1) is 25.2. The molecule has 1 aromatic heterocycles. The van der Waals surface area contributed by atoms with Crippen molar-refractivity contribution in [3.05, 3.63) is 64.7 Å². The van der Waals surface area contributed by atoms with Crippen LogP contribution in [0, 0.1) is 24.1 Å². The average Bonchev–Trinajstić information content (AvgIpc) is 3.39. The Morgan fingerprint density at radius 3 is 2.50 bits per heavy atom. The number of aryl methyl sites for hydroxylation is 1. The summed E-state index contributed by atoms with van der Waals surface area (Å²) in [6, 6.07) is 5.03. The monoisotopic (exact) mass is 503 g/mol. The third-order valence-corrected chi connectivity index (χ3v) is 5.94.